The van der Waals surface area contributed by atoms with Crippen LogP contribution < -0.4 is 15.2 Å². The van der Waals surface area contributed by atoms with Gasteiger partial charge in [-0.25, -0.2) is 4.98 Å². The van der Waals surface area contributed by atoms with Gasteiger partial charge in [0.05, 0.1) is 36.3 Å². The van der Waals surface area contributed by atoms with E-state index >= 15 is 0 Å². The van der Waals surface area contributed by atoms with E-state index in [1.165, 1.54) is 0 Å². The Balaban J connectivity index is 2.02. The molecule has 2 aromatic carbocycles. The first-order chi connectivity index (χ1) is 13.6. The summed E-state index contributed by atoms with van der Waals surface area (Å²) in [6.45, 7) is 2.77. The summed E-state index contributed by atoms with van der Waals surface area (Å²) in [5.41, 5.74) is 10.3. The first-order valence-corrected chi connectivity index (χ1v) is 9.20. The number of hydrogen-bond donors (Lipinski definition) is 2. The third-order valence-corrected chi connectivity index (χ3v) is 4.98. The SMILES string of the molecule is CCCn1cc2nc3c(-c4cc(OC)cc(OC)c4)cccc3c(N)c2c1O. The molecule has 0 amide bonds. The molecule has 6 nitrogen and oxygen atoms in total. The molecule has 4 aromatic rings. The number of anilines is 1. The molecule has 2 heterocycles. The van der Waals surface area contributed by atoms with Gasteiger partial charge >= 0.3 is 0 Å². The Labute approximate surface area is 163 Å². The van der Waals surface area contributed by atoms with Crippen LogP contribution in [0.25, 0.3) is 32.9 Å². The van der Waals surface area contributed by atoms with Crippen molar-refractivity contribution in [3.8, 4) is 28.5 Å². The second-order valence-corrected chi connectivity index (χ2v) is 6.73. The molecule has 6 heteroatoms. The Kier molecular flexibility index (Phi) is 4.47. The molecular weight excluding hydrogens is 354 g/mol. The zero-order chi connectivity index (χ0) is 19.8. The normalized spacial score (nSPS) is 11.2. The lowest BCUT2D eigenvalue weighted by Gasteiger charge is -2.12. The van der Waals surface area contributed by atoms with Crippen molar-refractivity contribution in [3.63, 3.8) is 0 Å². The van der Waals surface area contributed by atoms with Gasteiger partial charge in [-0.2, -0.15) is 0 Å². The number of nitrogen functional groups attached to an aromatic ring is 1. The molecule has 0 aliphatic heterocycles. The second-order valence-electron chi connectivity index (χ2n) is 6.73. The van der Waals surface area contributed by atoms with Gasteiger partial charge in [0, 0.05) is 29.8 Å². The van der Waals surface area contributed by atoms with Gasteiger partial charge in [0.1, 0.15) is 11.5 Å². The number of aromatic hydroxyl groups is 1. The van der Waals surface area contributed by atoms with Crippen LogP contribution in [0, 0.1) is 0 Å². The lowest BCUT2D eigenvalue weighted by molar-refractivity contribution is 0.394. The largest absolute Gasteiger partial charge is 0.497 e. The van der Waals surface area contributed by atoms with Crippen molar-refractivity contribution in [2.75, 3.05) is 20.0 Å². The zero-order valence-electron chi connectivity index (χ0n) is 16.2. The van der Waals surface area contributed by atoms with E-state index in [1.807, 2.05) is 42.6 Å². The highest BCUT2D eigenvalue weighted by Gasteiger charge is 2.17. The Hall–Kier alpha value is -3.41. The van der Waals surface area contributed by atoms with Crippen LogP contribution in [0.5, 0.6) is 17.4 Å². The first-order valence-electron chi connectivity index (χ1n) is 9.20. The monoisotopic (exact) mass is 377 g/mol. The van der Waals surface area contributed by atoms with Crippen LogP contribution in [-0.4, -0.2) is 28.9 Å². The fraction of sp³-hybridized carbons (Fsp3) is 0.227. The highest BCUT2D eigenvalue weighted by molar-refractivity contribution is 6.12. The molecule has 0 bridgehead atoms. The maximum Gasteiger partial charge on any atom is 0.202 e. The summed E-state index contributed by atoms with van der Waals surface area (Å²) in [6, 6.07) is 11.6. The van der Waals surface area contributed by atoms with Crippen molar-refractivity contribution in [1.29, 1.82) is 0 Å². The number of ether oxygens (including phenoxy) is 2. The molecule has 0 saturated heterocycles. The standard InChI is InChI=1S/C22H23N3O3/c1-4-8-25-12-18-19(22(25)26)20(23)17-7-5-6-16(21(17)24-18)13-9-14(27-2)11-15(10-13)28-3/h5-7,9-12,26H,4,8,23H2,1-3H3. The van der Waals surface area contributed by atoms with Gasteiger partial charge in [-0.1, -0.05) is 25.1 Å². The van der Waals surface area contributed by atoms with Crippen molar-refractivity contribution >= 4 is 27.5 Å². The summed E-state index contributed by atoms with van der Waals surface area (Å²) in [5.74, 6) is 1.57. The van der Waals surface area contributed by atoms with Crippen LogP contribution in [0.4, 0.5) is 5.69 Å². The number of nitrogens with two attached hydrogens (primary N) is 1. The maximum absolute atomic E-state index is 10.6. The molecule has 0 fully saturated rings. The number of pyridine rings is 1. The van der Waals surface area contributed by atoms with E-state index in [0.29, 0.717) is 34.6 Å². The van der Waals surface area contributed by atoms with E-state index in [1.54, 1.807) is 18.8 Å². The summed E-state index contributed by atoms with van der Waals surface area (Å²) >= 11 is 0. The summed E-state index contributed by atoms with van der Waals surface area (Å²) in [7, 11) is 3.25. The van der Waals surface area contributed by atoms with Crippen LogP contribution in [0.15, 0.2) is 42.6 Å². The van der Waals surface area contributed by atoms with E-state index in [4.69, 9.17) is 20.2 Å². The van der Waals surface area contributed by atoms with Gasteiger partial charge in [0.2, 0.25) is 5.88 Å². The Morgan fingerprint density at radius 1 is 1.11 bits per heavy atom. The molecule has 28 heavy (non-hydrogen) atoms. The van der Waals surface area contributed by atoms with Crippen LogP contribution >= 0.6 is 0 Å². The van der Waals surface area contributed by atoms with Crippen LogP contribution in [-0.2, 0) is 6.54 Å². The molecule has 0 spiro atoms. The molecule has 0 atom stereocenters. The van der Waals surface area contributed by atoms with Crippen molar-refractivity contribution in [2.45, 2.75) is 19.9 Å². The van der Waals surface area contributed by atoms with Gasteiger partial charge in [-0.3, -0.25) is 0 Å². The molecule has 3 N–H and O–H groups in total. The fourth-order valence-electron chi connectivity index (χ4n) is 3.62. The highest BCUT2D eigenvalue weighted by Crippen LogP contribution is 2.40. The number of aromatic nitrogens is 2. The number of aryl methyl sites for hydroxylation is 1. The maximum atomic E-state index is 10.6. The number of para-hydroxylation sites is 1. The smallest absolute Gasteiger partial charge is 0.202 e. The second kappa shape index (κ2) is 6.96. The van der Waals surface area contributed by atoms with Gasteiger partial charge < -0.3 is 24.9 Å². The third-order valence-electron chi connectivity index (χ3n) is 4.98. The van der Waals surface area contributed by atoms with Crippen molar-refractivity contribution in [2.24, 2.45) is 0 Å². The molecule has 0 radical (unpaired) electrons. The molecule has 0 aliphatic carbocycles. The summed E-state index contributed by atoms with van der Waals surface area (Å²) in [5, 5.41) is 12.0. The molecule has 0 saturated carbocycles. The predicted octanol–water partition coefficient (Wildman–Crippen LogP) is 4.57. The van der Waals surface area contributed by atoms with Crippen LogP contribution in [0.2, 0.25) is 0 Å². The van der Waals surface area contributed by atoms with Gasteiger partial charge in [-0.05, 0) is 24.1 Å². The first kappa shape index (κ1) is 18.0. The number of methoxy groups -OCH3 is 2. The number of nitrogens with zero attached hydrogens (tertiary/aromatic N) is 2. The van der Waals surface area contributed by atoms with E-state index in [0.717, 1.165) is 28.5 Å². The van der Waals surface area contributed by atoms with Crippen LogP contribution in [0.3, 0.4) is 0 Å². The lowest BCUT2D eigenvalue weighted by atomic mass is 10.00. The number of fused-ring (bicyclic) bond motifs is 2. The fourth-order valence-corrected chi connectivity index (χ4v) is 3.62. The van der Waals surface area contributed by atoms with Crippen molar-refractivity contribution in [3.05, 3.63) is 42.6 Å². The number of rotatable bonds is 5. The zero-order valence-corrected chi connectivity index (χ0v) is 16.2. The summed E-state index contributed by atoms with van der Waals surface area (Å²) in [4.78, 5) is 4.85. The minimum Gasteiger partial charge on any atom is -0.497 e. The Morgan fingerprint density at radius 2 is 1.82 bits per heavy atom. The van der Waals surface area contributed by atoms with Crippen molar-refractivity contribution < 1.29 is 14.6 Å². The van der Waals surface area contributed by atoms with Gasteiger partial charge in [0.15, 0.2) is 0 Å². The van der Waals surface area contributed by atoms with E-state index in [-0.39, 0.29) is 5.88 Å². The Morgan fingerprint density at radius 3 is 2.46 bits per heavy atom. The van der Waals surface area contributed by atoms with E-state index < -0.39 is 0 Å². The van der Waals surface area contributed by atoms with Gasteiger partial charge in [0.25, 0.3) is 0 Å². The number of benzene rings is 2. The summed E-state index contributed by atoms with van der Waals surface area (Å²) in [6.07, 6.45) is 2.76. The van der Waals surface area contributed by atoms with E-state index in [2.05, 4.69) is 6.92 Å². The molecule has 4 rings (SSSR count). The third kappa shape index (κ3) is 2.78. The van der Waals surface area contributed by atoms with Crippen molar-refractivity contribution in [1.82, 2.24) is 9.55 Å². The topological polar surface area (TPSA) is 82.5 Å². The average Bonchev–Trinajstić information content (AvgIpc) is 3.03. The molecule has 0 unspecified atom stereocenters. The minimum absolute atomic E-state index is 0.164. The molecule has 2 aromatic heterocycles. The lowest BCUT2D eigenvalue weighted by Crippen LogP contribution is -1.94. The van der Waals surface area contributed by atoms with Gasteiger partial charge in [-0.15, -0.1) is 0 Å². The molecule has 0 aliphatic rings. The number of hydrogen-bond acceptors (Lipinski definition) is 5. The predicted molar refractivity (Wildman–Crippen MR) is 112 cm³/mol. The average molecular weight is 377 g/mol. The quantitative estimate of drug-likeness (QED) is 0.532. The van der Waals surface area contributed by atoms with Crippen LogP contribution in [0.1, 0.15) is 13.3 Å². The molecule has 144 valence electrons. The van der Waals surface area contributed by atoms with E-state index in [9.17, 15) is 5.11 Å². The molecular formula is C22H23N3O3. The highest BCUT2D eigenvalue weighted by atomic mass is 16.5. The Bertz CT molecular complexity index is 1160. The summed E-state index contributed by atoms with van der Waals surface area (Å²) < 4.78 is 12.6. The minimum atomic E-state index is 0.164.